The average molecular weight is 310 g/mol. The van der Waals surface area contributed by atoms with Crippen LogP contribution in [0.2, 0.25) is 5.02 Å². The van der Waals surface area contributed by atoms with Crippen molar-refractivity contribution in [3.05, 3.63) is 40.9 Å². The molecule has 6 heteroatoms. The Hall–Kier alpha value is -2.01. The Morgan fingerprint density at radius 1 is 1.43 bits per heavy atom. The number of halogens is 1. The summed E-state index contributed by atoms with van der Waals surface area (Å²) in [6.45, 7) is 0. The monoisotopic (exact) mass is 309 g/mol. The topological polar surface area (TPSA) is 75.6 Å². The minimum absolute atomic E-state index is 0.131. The molecule has 1 aromatic carbocycles. The van der Waals surface area contributed by atoms with E-state index in [0.717, 1.165) is 0 Å². The quantitative estimate of drug-likeness (QED) is 0.816. The van der Waals surface area contributed by atoms with E-state index in [2.05, 4.69) is 5.32 Å². The summed E-state index contributed by atoms with van der Waals surface area (Å²) in [5, 5.41) is 12.2. The fraction of sp³-hybridized carbons (Fsp3) is 0.333. The molecule has 0 spiro atoms. The number of aliphatic carboxylic acids is 1. The molecule has 2 N–H and O–H groups in total. The van der Waals surface area contributed by atoms with Crippen LogP contribution in [-0.4, -0.2) is 30.1 Å². The van der Waals surface area contributed by atoms with Gasteiger partial charge in [-0.05, 0) is 24.6 Å². The van der Waals surface area contributed by atoms with E-state index < -0.39 is 11.9 Å². The van der Waals surface area contributed by atoms with E-state index in [4.69, 9.17) is 21.4 Å². The van der Waals surface area contributed by atoms with Gasteiger partial charge in [0.2, 0.25) is 5.91 Å². The number of carbonyl (C=O) groups excluding carboxylic acids is 1. The highest BCUT2D eigenvalue weighted by Crippen LogP contribution is 2.23. The molecule has 21 heavy (non-hydrogen) atoms. The summed E-state index contributed by atoms with van der Waals surface area (Å²) in [7, 11) is 1.53. The molecule has 0 fully saturated rings. The van der Waals surface area contributed by atoms with Gasteiger partial charge in [0, 0.05) is 16.6 Å². The summed E-state index contributed by atoms with van der Waals surface area (Å²) in [5.74, 6) is -1.01. The third-order valence-corrected chi connectivity index (χ3v) is 3.58. The molecule has 1 amide bonds. The number of ether oxygens (including phenoxy) is 1. The summed E-state index contributed by atoms with van der Waals surface area (Å²) < 4.78 is 5.19. The van der Waals surface area contributed by atoms with E-state index in [9.17, 15) is 9.59 Å². The first kappa shape index (κ1) is 15.4. The molecule has 1 aromatic rings. The predicted octanol–water partition coefficient (Wildman–Crippen LogP) is 2.04. The van der Waals surface area contributed by atoms with Gasteiger partial charge in [-0.3, -0.25) is 9.59 Å². The highest BCUT2D eigenvalue weighted by atomic mass is 35.5. The summed E-state index contributed by atoms with van der Waals surface area (Å²) >= 11 is 5.92. The minimum Gasteiger partial charge on any atom is -0.496 e. The highest BCUT2D eigenvalue weighted by Gasteiger charge is 2.25. The molecular formula is C15H16ClNO4. The molecule has 0 radical (unpaired) electrons. The second-order valence-electron chi connectivity index (χ2n) is 4.87. The highest BCUT2D eigenvalue weighted by molar-refractivity contribution is 6.30. The first-order chi connectivity index (χ1) is 9.99. The van der Waals surface area contributed by atoms with Crippen molar-refractivity contribution in [1.82, 2.24) is 5.32 Å². The third kappa shape index (κ3) is 3.98. The lowest BCUT2D eigenvalue weighted by molar-refractivity contribution is -0.140. The summed E-state index contributed by atoms with van der Waals surface area (Å²) in [5.41, 5.74) is 0.694. The summed E-state index contributed by atoms with van der Waals surface area (Å²) in [4.78, 5) is 22.9. The SMILES string of the molecule is COc1ccc(Cl)cc1CC(=O)NC1C=CC(C(=O)O)C1. The zero-order valence-electron chi connectivity index (χ0n) is 11.5. The zero-order chi connectivity index (χ0) is 15.4. The van der Waals surface area contributed by atoms with Gasteiger partial charge in [0.1, 0.15) is 5.75 Å². The first-order valence-corrected chi connectivity index (χ1v) is 6.90. The second kappa shape index (κ2) is 6.63. The number of hydrogen-bond donors (Lipinski definition) is 2. The summed E-state index contributed by atoms with van der Waals surface area (Å²) in [6, 6.07) is 4.84. The molecular weight excluding hydrogens is 294 g/mol. The lowest BCUT2D eigenvalue weighted by Gasteiger charge is -2.13. The second-order valence-corrected chi connectivity index (χ2v) is 5.31. The third-order valence-electron chi connectivity index (χ3n) is 3.34. The maximum atomic E-state index is 12.0. The zero-order valence-corrected chi connectivity index (χ0v) is 12.3. The number of rotatable bonds is 5. The Balaban J connectivity index is 1.95. The van der Waals surface area contributed by atoms with Crippen LogP contribution in [0, 0.1) is 5.92 Å². The maximum Gasteiger partial charge on any atom is 0.310 e. The van der Waals surface area contributed by atoms with Gasteiger partial charge in [0.15, 0.2) is 0 Å². The largest absolute Gasteiger partial charge is 0.496 e. The molecule has 0 heterocycles. The van der Waals surface area contributed by atoms with Crippen LogP contribution in [0.25, 0.3) is 0 Å². The van der Waals surface area contributed by atoms with Crippen molar-refractivity contribution in [2.75, 3.05) is 7.11 Å². The molecule has 1 aliphatic carbocycles. The molecule has 0 saturated heterocycles. The Kier molecular flexibility index (Phi) is 4.85. The lowest BCUT2D eigenvalue weighted by atomic mass is 10.1. The molecule has 112 valence electrons. The van der Waals surface area contributed by atoms with Gasteiger partial charge in [0.05, 0.1) is 19.4 Å². The molecule has 1 aliphatic rings. The van der Waals surface area contributed by atoms with Crippen molar-refractivity contribution >= 4 is 23.5 Å². The van der Waals surface area contributed by atoms with Crippen molar-refractivity contribution in [2.24, 2.45) is 5.92 Å². The molecule has 2 rings (SSSR count). The van der Waals surface area contributed by atoms with Crippen molar-refractivity contribution in [2.45, 2.75) is 18.9 Å². The van der Waals surface area contributed by atoms with Crippen LogP contribution in [-0.2, 0) is 16.0 Å². The standard InChI is InChI=1S/C15H16ClNO4/c1-21-13-5-3-11(16)6-10(13)8-14(18)17-12-4-2-9(7-12)15(19)20/h2-6,9,12H,7-8H2,1H3,(H,17,18)(H,19,20). The maximum absolute atomic E-state index is 12.0. The predicted molar refractivity (Wildman–Crippen MR) is 78.5 cm³/mol. The number of carboxylic acids is 1. The van der Waals surface area contributed by atoms with Gasteiger partial charge in [-0.1, -0.05) is 23.8 Å². The van der Waals surface area contributed by atoms with Gasteiger partial charge in [-0.25, -0.2) is 0 Å². The van der Waals surface area contributed by atoms with Crippen LogP contribution in [0.3, 0.4) is 0 Å². The smallest absolute Gasteiger partial charge is 0.310 e. The molecule has 0 aromatic heterocycles. The van der Waals surface area contributed by atoms with Crippen molar-refractivity contribution in [1.29, 1.82) is 0 Å². The van der Waals surface area contributed by atoms with Gasteiger partial charge in [0.25, 0.3) is 0 Å². The Morgan fingerprint density at radius 2 is 2.19 bits per heavy atom. The number of nitrogens with one attached hydrogen (secondary N) is 1. The molecule has 2 unspecified atom stereocenters. The molecule has 0 aliphatic heterocycles. The molecule has 0 saturated carbocycles. The van der Waals surface area contributed by atoms with Crippen LogP contribution < -0.4 is 10.1 Å². The van der Waals surface area contributed by atoms with Crippen molar-refractivity contribution < 1.29 is 19.4 Å². The number of benzene rings is 1. The van der Waals surface area contributed by atoms with E-state index >= 15 is 0 Å². The van der Waals surface area contributed by atoms with Gasteiger partial charge < -0.3 is 15.2 Å². The van der Waals surface area contributed by atoms with Crippen LogP contribution in [0.15, 0.2) is 30.4 Å². The Morgan fingerprint density at radius 3 is 2.81 bits per heavy atom. The van der Waals surface area contributed by atoms with Crippen LogP contribution >= 0.6 is 11.6 Å². The number of carboxylic acid groups (broad SMARTS) is 1. The fourth-order valence-electron chi connectivity index (χ4n) is 2.31. The van der Waals surface area contributed by atoms with Crippen LogP contribution in [0.4, 0.5) is 0 Å². The average Bonchev–Trinajstić information content (AvgIpc) is 2.87. The van der Waals surface area contributed by atoms with Crippen LogP contribution in [0.5, 0.6) is 5.75 Å². The first-order valence-electron chi connectivity index (χ1n) is 6.52. The minimum atomic E-state index is -0.875. The normalized spacial score (nSPS) is 20.3. The van der Waals surface area contributed by atoms with Gasteiger partial charge in [-0.15, -0.1) is 0 Å². The van der Waals surface area contributed by atoms with E-state index in [1.54, 1.807) is 30.4 Å². The fourth-order valence-corrected chi connectivity index (χ4v) is 2.50. The van der Waals surface area contributed by atoms with Crippen LogP contribution in [0.1, 0.15) is 12.0 Å². The Bertz CT molecular complexity index is 585. The van der Waals surface area contributed by atoms with Crippen molar-refractivity contribution in [3.63, 3.8) is 0 Å². The number of amides is 1. The number of carbonyl (C=O) groups is 2. The van der Waals surface area contributed by atoms with E-state index in [1.807, 2.05) is 0 Å². The molecule has 2 atom stereocenters. The molecule has 0 bridgehead atoms. The molecule has 5 nitrogen and oxygen atoms in total. The van der Waals surface area contributed by atoms with E-state index in [0.29, 0.717) is 22.8 Å². The van der Waals surface area contributed by atoms with Crippen molar-refractivity contribution in [3.8, 4) is 5.75 Å². The number of methoxy groups -OCH3 is 1. The van der Waals surface area contributed by atoms with E-state index in [1.165, 1.54) is 7.11 Å². The summed E-state index contributed by atoms with van der Waals surface area (Å²) in [6.07, 6.45) is 3.83. The van der Waals surface area contributed by atoms with Gasteiger partial charge >= 0.3 is 5.97 Å². The Labute approximate surface area is 127 Å². The lowest BCUT2D eigenvalue weighted by Crippen LogP contribution is -2.34. The van der Waals surface area contributed by atoms with Gasteiger partial charge in [-0.2, -0.15) is 0 Å². The number of hydrogen-bond acceptors (Lipinski definition) is 3. The van der Waals surface area contributed by atoms with E-state index in [-0.39, 0.29) is 18.4 Å².